The molecule has 1 saturated heterocycles. The van der Waals surface area contributed by atoms with Crippen LogP contribution in [0.1, 0.15) is 18.9 Å². The topological polar surface area (TPSA) is 55.6 Å². The summed E-state index contributed by atoms with van der Waals surface area (Å²) < 4.78 is 5.54. The van der Waals surface area contributed by atoms with Gasteiger partial charge >= 0.3 is 0 Å². The molecule has 20 heavy (non-hydrogen) atoms. The van der Waals surface area contributed by atoms with Crippen molar-refractivity contribution in [2.45, 2.75) is 13.3 Å². The first-order valence-electron chi connectivity index (χ1n) is 7.13. The summed E-state index contributed by atoms with van der Waals surface area (Å²) in [7, 11) is 0. The van der Waals surface area contributed by atoms with Gasteiger partial charge in [-0.15, -0.1) is 0 Å². The summed E-state index contributed by atoms with van der Waals surface area (Å²) in [4.78, 5) is 14.0. The molecule has 1 amide bonds. The molecule has 2 N–H and O–H groups in total. The minimum Gasteiger partial charge on any atom is -0.493 e. The lowest BCUT2D eigenvalue weighted by atomic mass is 10.1. The van der Waals surface area contributed by atoms with Crippen LogP contribution in [0.4, 0.5) is 0 Å². The third-order valence-electron chi connectivity index (χ3n) is 3.56. The second-order valence-electron chi connectivity index (χ2n) is 4.98. The Bertz CT molecular complexity index is 485. The Morgan fingerprint density at radius 2 is 2.30 bits per heavy atom. The summed E-state index contributed by atoms with van der Waals surface area (Å²) in [5.41, 5.74) is 6.57. The molecule has 0 bridgehead atoms. The maximum absolute atomic E-state index is 12.1. The molecular formula is C16H22N2O2. The van der Waals surface area contributed by atoms with Gasteiger partial charge in [-0.25, -0.2) is 0 Å². The molecule has 0 aliphatic carbocycles. The number of nitrogens with zero attached hydrogens (tertiary/aromatic N) is 1. The van der Waals surface area contributed by atoms with Crippen molar-refractivity contribution >= 4 is 12.0 Å². The molecule has 108 valence electrons. The zero-order chi connectivity index (χ0) is 14.4. The van der Waals surface area contributed by atoms with Crippen LogP contribution in [0.5, 0.6) is 5.75 Å². The smallest absolute Gasteiger partial charge is 0.246 e. The fourth-order valence-electron chi connectivity index (χ4n) is 2.40. The highest BCUT2D eigenvalue weighted by molar-refractivity contribution is 5.92. The van der Waals surface area contributed by atoms with Gasteiger partial charge < -0.3 is 15.4 Å². The van der Waals surface area contributed by atoms with Gasteiger partial charge in [0.1, 0.15) is 5.75 Å². The standard InChI is InChI=1S/C16H22N2O2/c1-2-20-15-6-4-3-5-14(15)7-8-16(19)18-10-9-13(11-17)12-18/h3-8,13H,2,9-12,17H2,1H3/b8-7+. The quantitative estimate of drug-likeness (QED) is 0.834. The van der Waals surface area contributed by atoms with Crippen LogP contribution in [0.25, 0.3) is 6.08 Å². The van der Waals surface area contributed by atoms with Crippen LogP contribution in [0, 0.1) is 5.92 Å². The van der Waals surface area contributed by atoms with Crippen molar-refractivity contribution < 1.29 is 9.53 Å². The van der Waals surface area contributed by atoms with E-state index in [1.807, 2.05) is 42.2 Å². The highest BCUT2D eigenvalue weighted by Gasteiger charge is 2.23. The van der Waals surface area contributed by atoms with E-state index in [4.69, 9.17) is 10.5 Å². The molecule has 1 aliphatic rings. The van der Waals surface area contributed by atoms with E-state index < -0.39 is 0 Å². The fraction of sp³-hybridized carbons (Fsp3) is 0.438. The highest BCUT2D eigenvalue weighted by Crippen LogP contribution is 2.20. The largest absolute Gasteiger partial charge is 0.493 e. The number of hydrogen-bond donors (Lipinski definition) is 1. The molecule has 0 radical (unpaired) electrons. The van der Waals surface area contributed by atoms with Crippen molar-refractivity contribution in [3.63, 3.8) is 0 Å². The lowest BCUT2D eigenvalue weighted by Crippen LogP contribution is -2.28. The number of carbonyl (C=O) groups excluding carboxylic acids is 1. The van der Waals surface area contributed by atoms with E-state index in [1.165, 1.54) is 0 Å². The zero-order valence-electron chi connectivity index (χ0n) is 11.9. The van der Waals surface area contributed by atoms with Crippen LogP contribution in [0.15, 0.2) is 30.3 Å². The lowest BCUT2D eigenvalue weighted by molar-refractivity contribution is -0.125. The molecule has 1 fully saturated rings. The van der Waals surface area contributed by atoms with Gasteiger partial charge in [-0.3, -0.25) is 4.79 Å². The molecule has 1 aliphatic heterocycles. The van der Waals surface area contributed by atoms with E-state index in [9.17, 15) is 4.79 Å². The maximum Gasteiger partial charge on any atom is 0.246 e. The van der Waals surface area contributed by atoms with Gasteiger partial charge in [-0.2, -0.15) is 0 Å². The first kappa shape index (κ1) is 14.6. The minimum atomic E-state index is 0.0484. The van der Waals surface area contributed by atoms with Crippen molar-refractivity contribution in [2.75, 3.05) is 26.2 Å². The number of rotatable bonds is 5. The number of para-hydroxylation sites is 1. The summed E-state index contributed by atoms with van der Waals surface area (Å²) in [6, 6.07) is 7.72. The summed E-state index contributed by atoms with van der Waals surface area (Å²) >= 11 is 0. The molecule has 4 nitrogen and oxygen atoms in total. The molecule has 0 spiro atoms. The molecule has 0 saturated carbocycles. The number of nitrogens with two attached hydrogens (primary N) is 1. The van der Waals surface area contributed by atoms with Crippen molar-refractivity contribution in [3.8, 4) is 5.75 Å². The number of amides is 1. The monoisotopic (exact) mass is 274 g/mol. The molecular weight excluding hydrogens is 252 g/mol. The van der Waals surface area contributed by atoms with Crippen LogP contribution in [0.2, 0.25) is 0 Å². The molecule has 2 rings (SSSR count). The first-order chi connectivity index (χ1) is 9.74. The van der Waals surface area contributed by atoms with E-state index >= 15 is 0 Å². The third-order valence-corrected chi connectivity index (χ3v) is 3.56. The molecule has 1 heterocycles. The highest BCUT2D eigenvalue weighted by atomic mass is 16.5. The van der Waals surface area contributed by atoms with Crippen molar-refractivity contribution in [1.29, 1.82) is 0 Å². The van der Waals surface area contributed by atoms with E-state index in [2.05, 4.69) is 0 Å². The van der Waals surface area contributed by atoms with Crippen molar-refractivity contribution in [1.82, 2.24) is 4.90 Å². The molecule has 1 aromatic carbocycles. The molecule has 1 atom stereocenters. The predicted octanol–water partition coefficient (Wildman–Crippen LogP) is 1.91. The van der Waals surface area contributed by atoms with E-state index in [0.717, 1.165) is 30.8 Å². The number of likely N-dealkylation sites (tertiary alicyclic amines) is 1. The average molecular weight is 274 g/mol. The lowest BCUT2D eigenvalue weighted by Gasteiger charge is -2.13. The summed E-state index contributed by atoms with van der Waals surface area (Å²) in [5.74, 6) is 1.30. The summed E-state index contributed by atoms with van der Waals surface area (Å²) in [5, 5.41) is 0. The van der Waals surface area contributed by atoms with Crippen LogP contribution in [0.3, 0.4) is 0 Å². The fourth-order valence-corrected chi connectivity index (χ4v) is 2.40. The van der Waals surface area contributed by atoms with E-state index in [0.29, 0.717) is 19.1 Å². The average Bonchev–Trinajstić information content (AvgIpc) is 2.95. The number of hydrogen-bond acceptors (Lipinski definition) is 3. The molecule has 0 aromatic heterocycles. The second-order valence-corrected chi connectivity index (χ2v) is 4.98. The summed E-state index contributed by atoms with van der Waals surface area (Å²) in [6.45, 7) is 4.79. The minimum absolute atomic E-state index is 0.0484. The van der Waals surface area contributed by atoms with Gasteiger partial charge in [0, 0.05) is 24.7 Å². The Morgan fingerprint density at radius 3 is 3.00 bits per heavy atom. The third kappa shape index (κ3) is 3.61. The second kappa shape index (κ2) is 7.10. The van der Waals surface area contributed by atoms with Gasteiger partial charge in [0.15, 0.2) is 0 Å². The van der Waals surface area contributed by atoms with E-state index in [1.54, 1.807) is 6.08 Å². The Morgan fingerprint density at radius 1 is 1.50 bits per heavy atom. The van der Waals surface area contributed by atoms with Gasteiger partial charge in [-0.1, -0.05) is 18.2 Å². The molecule has 1 unspecified atom stereocenters. The van der Waals surface area contributed by atoms with E-state index in [-0.39, 0.29) is 5.91 Å². The van der Waals surface area contributed by atoms with Crippen LogP contribution in [-0.2, 0) is 4.79 Å². The van der Waals surface area contributed by atoms with Gasteiger partial charge in [0.25, 0.3) is 0 Å². The summed E-state index contributed by atoms with van der Waals surface area (Å²) in [6.07, 6.45) is 4.45. The number of ether oxygens (including phenoxy) is 1. The Kier molecular flexibility index (Phi) is 5.18. The zero-order valence-corrected chi connectivity index (χ0v) is 11.9. The Balaban J connectivity index is 2.00. The van der Waals surface area contributed by atoms with Gasteiger partial charge in [0.05, 0.1) is 6.61 Å². The van der Waals surface area contributed by atoms with Crippen LogP contribution < -0.4 is 10.5 Å². The number of benzene rings is 1. The normalized spacial score (nSPS) is 18.7. The molecule has 4 heteroatoms. The van der Waals surface area contributed by atoms with Gasteiger partial charge in [0.2, 0.25) is 5.91 Å². The Hall–Kier alpha value is -1.81. The Labute approximate surface area is 120 Å². The maximum atomic E-state index is 12.1. The number of carbonyl (C=O) groups is 1. The van der Waals surface area contributed by atoms with Gasteiger partial charge in [-0.05, 0) is 37.9 Å². The van der Waals surface area contributed by atoms with Crippen LogP contribution in [-0.4, -0.2) is 37.0 Å². The SMILES string of the molecule is CCOc1ccccc1/C=C/C(=O)N1CCC(CN)C1. The predicted molar refractivity (Wildman–Crippen MR) is 80.4 cm³/mol. The van der Waals surface area contributed by atoms with Crippen molar-refractivity contribution in [3.05, 3.63) is 35.9 Å². The molecule has 1 aromatic rings. The first-order valence-corrected chi connectivity index (χ1v) is 7.13. The van der Waals surface area contributed by atoms with Crippen LogP contribution >= 0.6 is 0 Å². The van der Waals surface area contributed by atoms with Crippen molar-refractivity contribution in [2.24, 2.45) is 11.7 Å².